The van der Waals surface area contributed by atoms with Crippen molar-refractivity contribution in [1.29, 1.82) is 0 Å². The van der Waals surface area contributed by atoms with E-state index < -0.39 is 0 Å². The van der Waals surface area contributed by atoms with Gasteiger partial charge >= 0.3 is 0 Å². The molecule has 0 aliphatic carbocycles. The van der Waals surface area contributed by atoms with E-state index in [2.05, 4.69) is 0 Å². The predicted octanol–water partition coefficient (Wildman–Crippen LogP) is 2.47. The molecule has 2 aromatic rings. The number of nitrogens with zero attached hydrogens (tertiary/aromatic N) is 1. The van der Waals surface area contributed by atoms with Crippen molar-refractivity contribution in [3.8, 4) is 0 Å². The lowest BCUT2D eigenvalue weighted by molar-refractivity contribution is 0.549. The maximum absolute atomic E-state index is 10.6. The van der Waals surface area contributed by atoms with Gasteiger partial charge in [-0.05, 0) is 24.4 Å². The molecule has 1 heterocycles. The van der Waals surface area contributed by atoms with Crippen molar-refractivity contribution < 1.29 is 4.79 Å². The van der Waals surface area contributed by atoms with Crippen molar-refractivity contribution in [3.05, 3.63) is 28.2 Å². The topological polar surface area (TPSA) is 22.0 Å². The molecule has 0 amide bonds. The summed E-state index contributed by atoms with van der Waals surface area (Å²) in [6.07, 6.45) is 0.751. The van der Waals surface area contributed by atoms with E-state index in [-0.39, 0.29) is 0 Å². The van der Waals surface area contributed by atoms with Gasteiger partial charge in [-0.1, -0.05) is 12.1 Å². The number of carbonyl (C=O) groups is 1. The van der Waals surface area contributed by atoms with Crippen LogP contribution in [-0.4, -0.2) is 11.0 Å². The molecule has 0 saturated carbocycles. The summed E-state index contributed by atoms with van der Waals surface area (Å²) < 4.78 is 3.14. The summed E-state index contributed by atoms with van der Waals surface area (Å²) in [6.45, 7) is 0. The monoisotopic (exact) mass is 195 g/mol. The van der Waals surface area contributed by atoms with E-state index in [0.717, 1.165) is 16.6 Å². The van der Waals surface area contributed by atoms with E-state index in [0.29, 0.717) is 3.95 Å². The van der Waals surface area contributed by atoms with E-state index in [1.165, 1.54) is 15.9 Å². The number of hydrogen-bond acceptors (Lipinski definition) is 3. The zero-order valence-electron chi connectivity index (χ0n) is 6.06. The first-order valence-corrected chi connectivity index (χ1v) is 4.61. The van der Waals surface area contributed by atoms with Gasteiger partial charge in [0.1, 0.15) is 0 Å². The third-order valence-corrected chi connectivity index (χ3v) is 3.01. The van der Waals surface area contributed by atoms with E-state index in [9.17, 15) is 4.79 Å². The van der Waals surface area contributed by atoms with Crippen LogP contribution in [0, 0.1) is 3.95 Å². The van der Waals surface area contributed by atoms with Crippen LogP contribution in [0.3, 0.4) is 0 Å². The van der Waals surface area contributed by atoms with E-state index in [4.69, 9.17) is 12.2 Å². The summed E-state index contributed by atoms with van der Waals surface area (Å²) in [5.41, 5.74) is 0.891. The number of fused-ring (bicyclic) bond motifs is 1. The van der Waals surface area contributed by atoms with Crippen LogP contribution in [-0.2, 0) is 4.79 Å². The molecule has 0 aliphatic rings. The normalized spacial score (nSPS) is 10.3. The molecule has 0 atom stereocenters. The molecule has 0 fully saturated rings. The van der Waals surface area contributed by atoms with Gasteiger partial charge in [-0.3, -0.25) is 9.36 Å². The molecule has 0 unspecified atom stereocenters. The summed E-state index contributed by atoms with van der Waals surface area (Å²) in [7, 11) is 0. The third kappa shape index (κ3) is 1.00. The lowest BCUT2D eigenvalue weighted by Gasteiger charge is -1.90. The minimum Gasteiger partial charge on any atom is -0.278 e. The second kappa shape index (κ2) is 2.80. The van der Waals surface area contributed by atoms with Gasteiger partial charge in [0, 0.05) is 0 Å². The zero-order chi connectivity index (χ0) is 8.55. The summed E-state index contributed by atoms with van der Waals surface area (Å²) in [6, 6.07) is 7.67. The third-order valence-electron chi connectivity index (χ3n) is 1.62. The Morgan fingerprint density at radius 2 is 2.17 bits per heavy atom. The smallest absolute Gasteiger partial charge is 0.220 e. The van der Waals surface area contributed by atoms with Crippen LogP contribution >= 0.6 is 23.6 Å². The van der Waals surface area contributed by atoms with E-state index in [1.807, 2.05) is 24.3 Å². The number of thiazole rings is 1. The first-order valence-electron chi connectivity index (χ1n) is 3.38. The Labute approximate surface area is 78.1 Å². The number of carbonyl (C=O) groups excluding carboxylic acids is 1. The van der Waals surface area contributed by atoms with Crippen molar-refractivity contribution in [3.63, 3.8) is 0 Å². The average Bonchev–Trinajstić information content (AvgIpc) is 2.40. The first kappa shape index (κ1) is 7.64. The highest BCUT2D eigenvalue weighted by Gasteiger charge is 2.01. The SMILES string of the molecule is O=Cn1c(=S)sc2ccccc21. The fourth-order valence-electron chi connectivity index (χ4n) is 1.08. The lowest BCUT2D eigenvalue weighted by atomic mass is 10.3. The lowest BCUT2D eigenvalue weighted by Crippen LogP contribution is -1.91. The highest BCUT2D eigenvalue weighted by Crippen LogP contribution is 2.20. The molecule has 2 rings (SSSR count). The minimum absolute atomic E-state index is 0.603. The van der Waals surface area contributed by atoms with Gasteiger partial charge in [-0.25, -0.2) is 0 Å². The van der Waals surface area contributed by atoms with Crippen molar-refractivity contribution >= 4 is 40.2 Å². The van der Waals surface area contributed by atoms with Crippen LogP contribution in [0.5, 0.6) is 0 Å². The quantitative estimate of drug-likeness (QED) is 0.515. The molecule has 0 aliphatic heterocycles. The summed E-state index contributed by atoms with van der Waals surface area (Å²) in [4.78, 5) is 10.6. The molecule has 1 aromatic carbocycles. The Kier molecular flexibility index (Phi) is 1.78. The van der Waals surface area contributed by atoms with Crippen LogP contribution in [0.15, 0.2) is 24.3 Å². The average molecular weight is 195 g/mol. The highest BCUT2D eigenvalue weighted by molar-refractivity contribution is 7.73. The second-order valence-electron chi connectivity index (χ2n) is 2.31. The van der Waals surface area contributed by atoms with Crippen molar-refractivity contribution in [2.75, 3.05) is 0 Å². The van der Waals surface area contributed by atoms with Gasteiger partial charge in [0.25, 0.3) is 0 Å². The Morgan fingerprint density at radius 3 is 2.92 bits per heavy atom. The van der Waals surface area contributed by atoms with Gasteiger partial charge in [0.15, 0.2) is 3.95 Å². The molecule has 4 heteroatoms. The fourth-order valence-corrected chi connectivity index (χ4v) is 2.34. The van der Waals surface area contributed by atoms with E-state index >= 15 is 0 Å². The number of benzene rings is 1. The Hall–Kier alpha value is -1.00. The first-order chi connectivity index (χ1) is 5.83. The highest BCUT2D eigenvalue weighted by atomic mass is 32.1. The summed E-state index contributed by atoms with van der Waals surface area (Å²) >= 11 is 6.45. The number of aromatic nitrogens is 1. The van der Waals surface area contributed by atoms with Crippen LogP contribution in [0.1, 0.15) is 0 Å². The fraction of sp³-hybridized carbons (Fsp3) is 0. The van der Waals surface area contributed by atoms with Gasteiger partial charge in [0.2, 0.25) is 6.41 Å². The molecule has 0 saturated heterocycles. The molecule has 2 nitrogen and oxygen atoms in total. The van der Waals surface area contributed by atoms with Gasteiger partial charge in [0.05, 0.1) is 10.2 Å². The minimum atomic E-state index is 0.603. The van der Waals surface area contributed by atoms with E-state index in [1.54, 1.807) is 0 Å². The Bertz CT molecular complexity index is 483. The molecule has 60 valence electrons. The second-order valence-corrected chi connectivity index (χ2v) is 3.99. The Balaban J connectivity index is 3.00. The standard InChI is InChI=1S/C8H5NOS2/c10-5-9-6-3-1-2-4-7(6)12-8(9)11/h1-5H. The molecule has 0 bridgehead atoms. The molecule has 12 heavy (non-hydrogen) atoms. The maximum Gasteiger partial charge on any atom is 0.220 e. The molecule has 0 N–H and O–H groups in total. The Morgan fingerprint density at radius 1 is 1.42 bits per heavy atom. The molecule has 1 aromatic heterocycles. The maximum atomic E-state index is 10.6. The van der Waals surface area contributed by atoms with Crippen LogP contribution in [0.4, 0.5) is 0 Å². The summed E-state index contributed by atoms with van der Waals surface area (Å²) in [5.74, 6) is 0. The largest absolute Gasteiger partial charge is 0.278 e. The van der Waals surface area contributed by atoms with Gasteiger partial charge in [-0.2, -0.15) is 0 Å². The molecule has 0 spiro atoms. The summed E-state index contributed by atoms with van der Waals surface area (Å²) in [5, 5.41) is 0. The number of para-hydroxylation sites is 1. The van der Waals surface area contributed by atoms with Crippen molar-refractivity contribution in [1.82, 2.24) is 4.57 Å². The van der Waals surface area contributed by atoms with Crippen LogP contribution in [0.25, 0.3) is 10.2 Å². The van der Waals surface area contributed by atoms with Crippen LogP contribution in [0.2, 0.25) is 0 Å². The number of rotatable bonds is 1. The van der Waals surface area contributed by atoms with Crippen molar-refractivity contribution in [2.45, 2.75) is 0 Å². The molecular formula is C8H5NOS2. The van der Waals surface area contributed by atoms with Crippen molar-refractivity contribution in [2.24, 2.45) is 0 Å². The molecular weight excluding hydrogens is 190 g/mol. The zero-order valence-corrected chi connectivity index (χ0v) is 7.69. The van der Waals surface area contributed by atoms with Gasteiger partial charge in [-0.15, -0.1) is 11.3 Å². The van der Waals surface area contributed by atoms with Gasteiger partial charge < -0.3 is 0 Å². The number of hydrogen-bond donors (Lipinski definition) is 0. The predicted molar refractivity (Wildman–Crippen MR) is 52.8 cm³/mol. The van der Waals surface area contributed by atoms with Crippen LogP contribution < -0.4 is 0 Å². The molecule has 0 radical (unpaired) electrons.